The topological polar surface area (TPSA) is 3.24 Å². The van der Waals surface area contributed by atoms with Crippen molar-refractivity contribution < 1.29 is 0 Å². The lowest BCUT2D eigenvalue weighted by Gasteiger charge is -2.35. The first kappa shape index (κ1) is 35.8. The molecule has 0 atom stereocenters. The van der Waals surface area contributed by atoms with Gasteiger partial charge in [0.2, 0.25) is 0 Å². The third-order valence-electron chi connectivity index (χ3n) is 14.6. The molecule has 1 aromatic heterocycles. The summed E-state index contributed by atoms with van der Waals surface area (Å²) in [5, 5.41) is 2.57. The Labute approximate surface area is 376 Å². The number of benzene rings is 10. The summed E-state index contributed by atoms with van der Waals surface area (Å²) in [6, 6.07) is 89.0. The summed E-state index contributed by atoms with van der Waals surface area (Å²) in [5.41, 5.74) is 20.7. The minimum atomic E-state index is -0.532. The highest BCUT2D eigenvalue weighted by Crippen LogP contribution is 2.66. The molecule has 1 heterocycles. The molecule has 3 aliphatic rings. The molecular weight excluding hydrogens is 791 g/mol. The number of fused-ring (bicyclic) bond motifs is 16. The average molecular weight is 830 g/mol. The number of hydrogen-bond donors (Lipinski definition) is 0. The third kappa shape index (κ3) is 4.53. The average Bonchev–Trinajstić information content (AvgIpc) is 4.08. The monoisotopic (exact) mass is 829 g/mol. The molecule has 3 aliphatic carbocycles. The van der Waals surface area contributed by atoms with Gasteiger partial charge in [-0.2, -0.15) is 0 Å². The van der Waals surface area contributed by atoms with E-state index in [4.69, 9.17) is 0 Å². The lowest BCUT2D eigenvalue weighted by molar-refractivity contribution is 0.768. The standard InChI is InChI=1S/C62H39NS/c1-3-19-40(20-4-1)61(41-21-5-2-6-22-41)51-30-14-9-26-46(51)59-53(61)32-17-34-55(59)63(42-37-38-58-48(39-42)45-25-11-16-36-57(45)64-58)56-35-18-33-54-60(56)47-27-10-15-31-52(47)62(54)49-28-12-7-23-43(49)44-24-8-13-29-50(44)62/h1-39H. The maximum atomic E-state index is 2.61. The Morgan fingerprint density at radius 3 is 1.30 bits per heavy atom. The molecule has 11 aromatic rings. The largest absolute Gasteiger partial charge is 0.309 e. The van der Waals surface area contributed by atoms with Crippen LogP contribution in [0.25, 0.3) is 53.6 Å². The molecule has 14 rings (SSSR count). The zero-order valence-electron chi connectivity index (χ0n) is 34.9. The van der Waals surface area contributed by atoms with Gasteiger partial charge in [0.25, 0.3) is 0 Å². The lowest BCUT2D eigenvalue weighted by Crippen LogP contribution is -2.28. The molecule has 0 radical (unpaired) electrons. The molecule has 0 N–H and O–H groups in total. The van der Waals surface area contributed by atoms with Crippen LogP contribution in [0.1, 0.15) is 44.5 Å². The maximum Gasteiger partial charge on any atom is 0.0726 e. The van der Waals surface area contributed by atoms with E-state index in [2.05, 4.69) is 241 Å². The van der Waals surface area contributed by atoms with Crippen LogP contribution in [0.15, 0.2) is 237 Å². The van der Waals surface area contributed by atoms with Gasteiger partial charge in [-0.05, 0) is 103 Å². The van der Waals surface area contributed by atoms with Crippen molar-refractivity contribution in [2.45, 2.75) is 10.8 Å². The zero-order chi connectivity index (χ0) is 42.0. The fraction of sp³-hybridized carbons (Fsp3) is 0.0323. The van der Waals surface area contributed by atoms with Gasteiger partial charge in [-0.15, -0.1) is 11.3 Å². The molecule has 0 fully saturated rings. The van der Waals surface area contributed by atoms with Crippen LogP contribution in [0.2, 0.25) is 0 Å². The van der Waals surface area contributed by atoms with E-state index in [1.165, 1.54) is 104 Å². The van der Waals surface area contributed by atoms with Crippen molar-refractivity contribution in [3.63, 3.8) is 0 Å². The fourth-order valence-corrected chi connectivity index (χ4v) is 13.3. The predicted molar refractivity (Wildman–Crippen MR) is 268 cm³/mol. The van der Waals surface area contributed by atoms with E-state index in [1.54, 1.807) is 0 Å². The molecule has 0 amide bonds. The van der Waals surface area contributed by atoms with Crippen molar-refractivity contribution in [1.82, 2.24) is 0 Å². The number of rotatable bonds is 5. The van der Waals surface area contributed by atoms with Gasteiger partial charge in [-0.1, -0.05) is 200 Å². The number of nitrogens with zero attached hydrogens (tertiary/aromatic N) is 1. The van der Waals surface area contributed by atoms with Gasteiger partial charge >= 0.3 is 0 Å². The Kier molecular flexibility index (Phi) is 7.47. The molecule has 64 heavy (non-hydrogen) atoms. The Hall–Kier alpha value is -7.78. The van der Waals surface area contributed by atoms with Gasteiger partial charge in [0.1, 0.15) is 0 Å². The van der Waals surface area contributed by atoms with Crippen molar-refractivity contribution in [1.29, 1.82) is 0 Å². The second-order valence-corrected chi connectivity index (χ2v) is 18.5. The maximum absolute atomic E-state index is 2.61. The van der Waals surface area contributed by atoms with Gasteiger partial charge in [-0.3, -0.25) is 0 Å². The quantitative estimate of drug-likeness (QED) is 0.167. The second kappa shape index (κ2) is 13.4. The minimum absolute atomic E-state index is 0.463. The van der Waals surface area contributed by atoms with Crippen molar-refractivity contribution in [3.8, 4) is 33.4 Å². The van der Waals surface area contributed by atoms with Crippen LogP contribution in [0.4, 0.5) is 17.1 Å². The summed E-state index contributed by atoms with van der Waals surface area (Å²) < 4.78 is 2.60. The van der Waals surface area contributed by atoms with E-state index in [0.717, 1.165) is 11.4 Å². The summed E-state index contributed by atoms with van der Waals surface area (Å²) in [4.78, 5) is 2.61. The van der Waals surface area contributed by atoms with Crippen molar-refractivity contribution in [2.24, 2.45) is 0 Å². The SMILES string of the molecule is c1ccc(C2(c3ccccc3)c3ccccc3-c3c(N(c4ccc5sc6ccccc6c5c4)c4cccc5c4-c4ccccc4C54c5ccccc5-c5ccccc54)cccc32)cc1. The summed E-state index contributed by atoms with van der Waals surface area (Å²) in [6.45, 7) is 0. The Morgan fingerprint density at radius 2 is 0.719 bits per heavy atom. The second-order valence-electron chi connectivity index (χ2n) is 17.4. The number of thiophene rings is 1. The van der Waals surface area contributed by atoms with Gasteiger partial charge in [0.15, 0.2) is 0 Å². The first-order valence-electron chi connectivity index (χ1n) is 22.3. The van der Waals surface area contributed by atoms with Crippen LogP contribution < -0.4 is 4.90 Å². The van der Waals surface area contributed by atoms with Crippen molar-refractivity contribution in [2.75, 3.05) is 4.90 Å². The predicted octanol–water partition coefficient (Wildman–Crippen LogP) is 16.2. The summed E-state index contributed by atoms with van der Waals surface area (Å²) in [7, 11) is 0. The molecule has 0 saturated carbocycles. The van der Waals surface area contributed by atoms with Crippen LogP contribution in [0.5, 0.6) is 0 Å². The van der Waals surface area contributed by atoms with E-state index in [-0.39, 0.29) is 0 Å². The summed E-state index contributed by atoms with van der Waals surface area (Å²) in [6.07, 6.45) is 0. The first-order valence-corrected chi connectivity index (χ1v) is 23.1. The van der Waals surface area contributed by atoms with Crippen LogP contribution in [0.3, 0.4) is 0 Å². The molecule has 0 aliphatic heterocycles. The normalized spacial score (nSPS) is 14.2. The van der Waals surface area contributed by atoms with Gasteiger partial charge in [0.05, 0.1) is 22.2 Å². The van der Waals surface area contributed by atoms with Crippen LogP contribution in [-0.4, -0.2) is 0 Å². The summed E-state index contributed by atoms with van der Waals surface area (Å²) >= 11 is 1.87. The van der Waals surface area contributed by atoms with Crippen LogP contribution in [0, 0.1) is 0 Å². The van der Waals surface area contributed by atoms with Gasteiger partial charge < -0.3 is 4.90 Å². The molecule has 298 valence electrons. The van der Waals surface area contributed by atoms with E-state index >= 15 is 0 Å². The molecule has 2 heteroatoms. The molecular formula is C62H39NS. The van der Waals surface area contributed by atoms with Crippen molar-refractivity contribution >= 4 is 48.6 Å². The molecule has 0 saturated heterocycles. The van der Waals surface area contributed by atoms with E-state index < -0.39 is 10.8 Å². The van der Waals surface area contributed by atoms with Crippen LogP contribution >= 0.6 is 11.3 Å². The van der Waals surface area contributed by atoms with E-state index in [1.807, 2.05) is 11.3 Å². The number of hydrogen-bond acceptors (Lipinski definition) is 2. The first-order chi connectivity index (χ1) is 31.8. The Morgan fingerprint density at radius 1 is 0.297 bits per heavy atom. The Bertz CT molecular complexity index is 3510. The Balaban J connectivity index is 1.12. The van der Waals surface area contributed by atoms with E-state index in [9.17, 15) is 0 Å². The summed E-state index contributed by atoms with van der Waals surface area (Å²) in [5.74, 6) is 0. The van der Waals surface area contributed by atoms with Gasteiger partial charge in [0, 0.05) is 37.0 Å². The van der Waals surface area contributed by atoms with Gasteiger partial charge in [-0.25, -0.2) is 0 Å². The minimum Gasteiger partial charge on any atom is -0.309 e. The van der Waals surface area contributed by atoms with Crippen LogP contribution in [-0.2, 0) is 10.8 Å². The molecule has 1 spiro atoms. The molecule has 10 aromatic carbocycles. The number of anilines is 3. The van der Waals surface area contributed by atoms with E-state index in [0.29, 0.717) is 0 Å². The molecule has 0 unspecified atom stereocenters. The van der Waals surface area contributed by atoms with Crippen molar-refractivity contribution in [3.05, 3.63) is 281 Å². The smallest absolute Gasteiger partial charge is 0.0726 e. The molecule has 1 nitrogen and oxygen atoms in total. The highest BCUT2D eigenvalue weighted by molar-refractivity contribution is 7.25. The fourth-order valence-electron chi connectivity index (χ4n) is 12.2. The third-order valence-corrected chi connectivity index (χ3v) is 15.7. The highest BCUT2D eigenvalue weighted by atomic mass is 32.1. The molecule has 0 bridgehead atoms. The zero-order valence-corrected chi connectivity index (χ0v) is 35.7. The highest BCUT2D eigenvalue weighted by Gasteiger charge is 2.53. The lowest BCUT2D eigenvalue weighted by atomic mass is 9.68.